The van der Waals surface area contributed by atoms with Crippen LogP contribution in [0.4, 0.5) is 0 Å². The highest BCUT2D eigenvalue weighted by Gasteiger charge is 2.61. The minimum absolute atomic E-state index is 0.0384. The van der Waals surface area contributed by atoms with E-state index in [1.807, 2.05) is 13.0 Å². The summed E-state index contributed by atoms with van der Waals surface area (Å²) in [5.41, 5.74) is 1.74. The number of hydrogen-bond acceptors (Lipinski definition) is 5. The number of aromatic nitrogens is 1. The van der Waals surface area contributed by atoms with Crippen molar-refractivity contribution in [2.75, 3.05) is 6.61 Å². The Morgan fingerprint density at radius 1 is 1.39 bits per heavy atom. The Bertz CT molecular complexity index is 747. The summed E-state index contributed by atoms with van der Waals surface area (Å²) in [6.07, 6.45) is 4.36. The molecule has 2 aliphatic carbocycles. The molecule has 4 rings (SSSR count). The van der Waals surface area contributed by atoms with E-state index in [1.54, 1.807) is 19.1 Å². The summed E-state index contributed by atoms with van der Waals surface area (Å²) < 4.78 is 17.1. The summed E-state index contributed by atoms with van der Waals surface area (Å²) in [6, 6.07) is 5.36. The van der Waals surface area contributed by atoms with Gasteiger partial charge in [0.1, 0.15) is 11.6 Å². The molecule has 0 aliphatic heterocycles. The lowest BCUT2D eigenvalue weighted by Crippen LogP contribution is -2.63. The molecule has 0 bridgehead atoms. The Morgan fingerprint density at radius 2 is 2.22 bits per heavy atom. The Morgan fingerprint density at radius 3 is 2.91 bits per heavy atom. The van der Waals surface area contributed by atoms with Crippen molar-refractivity contribution in [1.82, 2.24) is 4.98 Å². The van der Waals surface area contributed by atoms with Gasteiger partial charge < -0.3 is 13.9 Å². The van der Waals surface area contributed by atoms with Crippen molar-refractivity contribution >= 4 is 17.1 Å². The predicted molar refractivity (Wildman–Crippen MR) is 84.3 cm³/mol. The Kier molecular flexibility index (Phi) is 3.41. The van der Waals surface area contributed by atoms with Gasteiger partial charge in [-0.25, -0.2) is 9.78 Å². The zero-order valence-electron chi connectivity index (χ0n) is 13.5. The molecule has 0 N–H and O–H groups in total. The third kappa shape index (κ3) is 2.17. The van der Waals surface area contributed by atoms with Gasteiger partial charge in [-0.05, 0) is 31.9 Å². The van der Waals surface area contributed by atoms with Crippen molar-refractivity contribution < 1.29 is 18.7 Å². The number of benzene rings is 1. The highest BCUT2D eigenvalue weighted by Crippen LogP contribution is 2.58. The van der Waals surface area contributed by atoms with Crippen molar-refractivity contribution in [3.05, 3.63) is 29.7 Å². The lowest BCUT2D eigenvalue weighted by Gasteiger charge is -2.59. The minimum Gasteiger partial charge on any atom is -0.458 e. The first kappa shape index (κ1) is 14.7. The second kappa shape index (κ2) is 5.34. The number of rotatable bonds is 4. The third-order valence-corrected chi connectivity index (χ3v) is 5.36. The second-order valence-electron chi connectivity index (χ2n) is 6.55. The highest BCUT2D eigenvalue weighted by molar-refractivity contribution is 6.01. The topological polar surface area (TPSA) is 61.6 Å². The summed E-state index contributed by atoms with van der Waals surface area (Å²) in [6.45, 7) is 4.50. The van der Waals surface area contributed by atoms with E-state index in [4.69, 9.17) is 13.9 Å². The fourth-order valence-corrected chi connectivity index (χ4v) is 3.96. The van der Waals surface area contributed by atoms with Crippen molar-refractivity contribution in [2.45, 2.75) is 51.7 Å². The van der Waals surface area contributed by atoms with Gasteiger partial charge in [-0.3, -0.25) is 0 Å². The molecule has 5 nitrogen and oxygen atoms in total. The summed E-state index contributed by atoms with van der Waals surface area (Å²) in [5, 5.41) is 0. The smallest absolute Gasteiger partial charge is 0.340 e. The Balaban J connectivity index is 1.54. The quantitative estimate of drug-likeness (QED) is 0.806. The molecule has 1 heterocycles. The van der Waals surface area contributed by atoms with Crippen LogP contribution in [0, 0.1) is 12.3 Å². The van der Waals surface area contributed by atoms with E-state index in [0.29, 0.717) is 29.2 Å². The maximum absolute atomic E-state index is 12.6. The van der Waals surface area contributed by atoms with Gasteiger partial charge >= 0.3 is 5.97 Å². The van der Waals surface area contributed by atoms with Gasteiger partial charge in [0, 0.05) is 25.4 Å². The van der Waals surface area contributed by atoms with E-state index in [2.05, 4.69) is 4.98 Å². The van der Waals surface area contributed by atoms with Gasteiger partial charge in [-0.15, -0.1) is 0 Å². The standard InChI is InChI=1S/C18H21NO4/c1-3-21-14-10-15(18(14)8-5-9-18)23-17(20)12-6-4-7-13-16(12)19-11(2)22-13/h4,6-7,14-15H,3,5,8-10H2,1-2H3/t14-,15-/m0/s1. The van der Waals surface area contributed by atoms with Crippen molar-refractivity contribution in [1.29, 1.82) is 0 Å². The lowest BCUT2D eigenvalue weighted by molar-refractivity contribution is -0.224. The number of carbonyl (C=O) groups is 1. The number of para-hydroxylation sites is 1. The molecule has 0 unspecified atom stereocenters. The molecule has 1 spiro atoms. The maximum Gasteiger partial charge on any atom is 0.340 e. The van der Waals surface area contributed by atoms with Gasteiger partial charge in [0.25, 0.3) is 0 Å². The van der Waals surface area contributed by atoms with Gasteiger partial charge in [0.2, 0.25) is 0 Å². The number of fused-ring (bicyclic) bond motifs is 1. The van der Waals surface area contributed by atoms with E-state index in [1.165, 1.54) is 6.42 Å². The fourth-order valence-electron chi connectivity index (χ4n) is 3.96. The molecule has 0 saturated heterocycles. The number of carbonyl (C=O) groups excluding carboxylic acids is 1. The number of ether oxygens (including phenoxy) is 2. The first-order chi connectivity index (χ1) is 11.1. The molecule has 2 atom stereocenters. The number of esters is 1. The zero-order chi connectivity index (χ0) is 16.0. The van der Waals surface area contributed by atoms with E-state index in [0.717, 1.165) is 19.3 Å². The van der Waals surface area contributed by atoms with Gasteiger partial charge in [-0.1, -0.05) is 12.5 Å². The van der Waals surface area contributed by atoms with Crippen LogP contribution in [0.3, 0.4) is 0 Å². The van der Waals surface area contributed by atoms with E-state index in [-0.39, 0.29) is 23.6 Å². The van der Waals surface area contributed by atoms with Crippen molar-refractivity contribution in [3.63, 3.8) is 0 Å². The van der Waals surface area contributed by atoms with Crippen LogP contribution in [-0.2, 0) is 9.47 Å². The zero-order valence-corrected chi connectivity index (χ0v) is 13.5. The summed E-state index contributed by atoms with van der Waals surface area (Å²) in [5.74, 6) is 0.242. The van der Waals surface area contributed by atoms with Gasteiger partial charge in [0.15, 0.2) is 11.5 Å². The Hall–Kier alpha value is -1.88. The average Bonchev–Trinajstić information content (AvgIpc) is 2.84. The molecule has 0 amide bonds. The normalized spacial score (nSPS) is 25.1. The van der Waals surface area contributed by atoms with Crippen molar-refractivity contribution in [2.24, 2.45) is 5.41 Å². The van der Waals surface area contributed by atoms with Crippen LogP contribution in [0.1, 0.15) is 48.9 Å². The SMILES string of the molecule is CCO[C@H]1C[C@H](OC(=O)c2cccc3oc(C)nc23)C12CCC2. The molecular formula is C18H21NO4. The summed E-state index contributed by atoms with van der Waals surface area (Å²) in [4.78, 5) is 16.9. The maximum atomic E-state index is 12.6. The molecule has 2 aliphatic rings. The number of hydrogen-bond donors (Lipinski definition) is 0. The first-order valence-electron chi connectivity index (χ1n) is 8.33. The van der Waals surface area contributed by atoms with E-state index >= 15 is 0 Å². The molecule has 2 saturated carbocycles. The van der Waals surface area contributed by atoms with Crippen molar-refractivity contribution in [3.8, 4) is 0 Å². The molecular weight excluding hydrogens is 294 g/mol. The number of oxazole rings is 1. The molecule has 1 aromatic heterocycles. The lowest BCUT2D eigenvalue weighted by atomic mass is 9.52. The van der Waals surface area contributed by atoms with Crippen LogP contribution in [0.2, 0.25) is 0 Å². The molecule has 5 heteroatoms. The highest BCUT2D eigenvalue weighted by atomic mass is 16.6. The minimum atomic E-state index is -0.310. The van der Waals surface area contributed by atoms with Crippen LogP contribution in [-0.4, -0.2) is 29.8 Å². The Labute approximate surface area is 135 Å². The molecule has 2 fully saturated rings. The predicted octanol–water partition coefficient (Wildman–Crippen LogP) is 3.64. The van der Waals surface area contributed by atoms with Crippen LogP contribution in [0.5, 0.6) is 0 Å². The fraction of sp³-hybridized carbons (Fsp3) is 0.556. The molecule has 2 aromatic rings. The largest absolute Gasteiger partial charge is 0.458 e. The van der Waals surface area contributed by atoms with Crippen LogP contribution in [0.15, 0.2) is 22.6 Å². The molecule has 0 radical (unpaired) electrons. The number of nitrogens with zero attached hydrogens (tertiary/aromatic N) is 1. The first-order valence-corrected chi connectivity index (χ1v) is 8.33. The summed E-state index contributed by atoms with van der Waals surface area (Å²) >= 11 is 0. The van der Waals surface area contributed by atoms with E-state index < -0.39 is 0 Å². The second-order valence-corrected chi connectivity index (χ2v) is 6.55. The van der Waals surface area contributed by atoms with Gasteiger partial charge in [-0.2, -0.15) is 0 Å². The van der Waals surface area contributed by atoms with E-state index in [9.17, 15) is 4.79 Å². The van der Waals surface area contributed by atoms with Crippen LogP contribution >= 0.6 is 0 Å². The summed E-state index contributed by atoms with van der Waals surface area (Å²) in [7, 11) is 0. The molecule has 1 aromatic carbocycles. The van der Waals surface area contributed by atoms with Crippen LogP contribution < -0.4 is 0 Å². The number of aryl methyl sites for hydroxylation is 1. The molecule has 23 heavy (non-hydrogen) atoms. The van der Waals surface area contributed by atoms with Gasteiger partial charge in [0.05, 0.1) is 11.7 Å². The molecule has 122 valence electrons. The monoisotopic (exact) mass is 315 g/mol. The average molecular weight is 315 g/mol. The third-order valence-electron chi connectivity index (χ3n) is 5.36. The van der Waals surface area contributed by atoms with Crippen LogP contribution in [0.25, 0.3) is 11.1 Å².